The van der Waals surface area contributed by atoms with Gasteiger partial charge in [0.05, 0.1) is 5.69 Å². The average molecular weight is 410 g/mol. The van der Waals surface area contributed by atoms with Gasteiger partial charge in [0.15, 0.2) is 0 Å². The first-order chi connectivity index (χ1) is 14.1. The molecule has 1 aliphatic heterocycles. The van der Waals surface area contributed by atoms with Crippen LogP contribution in [0.1, 0.15) is 37.2 Å². The van der Waals surface area contributed by atoms with E-state index in [0.29, 0.717) is 16.7 Å². The van der Waals surface area contributed by atoms with Crippen molar-refractivity contribution in [3.05, 3.63) is 46.5 Å². The molecule has 3 aromatic rings. The van der Waals surface area contributed by atoms with E-state index >= 15 is 0 Å². The number of rotatable bonds is 5. The Morgan fingerprint density at radius 2 is 1.93 bits per heavy atom. The van der Waals surface area contributed by atoms with E-state index in [1.807, 2.05) is 18.5 Å². The number of pyridine rings is 2. The van der Waals surface area contributed by atoms with Gasteiger partial charge in [-0.1, -0.05) is 6.07 Å². The van der Waals surface area contributed by atoms with Crippen LogP contribution >= 0.6 is 11.9 Å². The van der Waals surface area contributed by atoms with Gasteiger partial charge in [-0.05, 0) is 81.4 Å². The molecule has 3 aromatic heterocycles. The molecular weight excluding hydrogens is 382 g/mol. The third-order valence-corrected chi connectivity index (χ3v) is 7.22. The number of likely N-dealkylation sites (tertiary alicyclic amines) is 1. The summed E-state index contributed by atoms with van der Waals surface area (Å²) >= 11 is 1.80. The van der Waals surface area contributed by atoms with E-state index < -0.39 is 0 Å². The highest BCUT2D eigenvalue weighted by Gasteiger charge is 2.28. The maximum atomic E-state index is 12.5. The lowest BCUT2D eigenvalue weighted by Gasteiger charge is -2.28. The summed E-state index contributed by atoms with van der Waals surface area (Å²) in [5.41, 5.74) is 3.96. The van der Waals surface area contributed by atoms with E-state index in [1.54, 1.807) is 23.6 Å². The number of nitrogens with one attached hydrogen (secondary N) is 2. The third kappa shape index (κ3) is 3.69. The normalized spacial score (nSPS) is 18.4. The van der Waals surface area contributed by atoms with E-state index in [4.69, 9.17) is 4.98 Å². The lowest BCUT2D eigenvalue weighted by atomic mass is 10.0. The number of aromatic nitrogens is 3. The first-order valence-electron chi connectivity index (χ1n) is 10.4. The molecular formula is C22H27N5OS. The fourth-order valence-electron chi connectivity index (χ4n) is 4.17. The van der Waals surface area contributed by atoms with Gasteiger partial charge in [0, 0.05) is 35.6 Å². The van der Waals surface area contributed by atoms with Crippen molar-refractivity contribution in [2.45, 2.75) is 36.9 Å². The molecule has 2 fully saturated rings. The minimum atomic E-state index is -0.00572. The average Bonchev–Trinajstić information content (AvgIpc) is 3.46. The molecule has 4 heterocycles. The first-order valence-corrected chi connectivity index (χ1v) is 11.3. The summed E-state index contributed by atoms with van der Waals surface area (Å²) in [4.78, 5) is 23.0. The zero-order valence-corrected chi connectivity index (χ0v) is 17.8. The van der Waals surface area contributed by atoms with Gasteiger partial charge in [0.1, 0.15) is 11.3 Å². The van der Waals surface area contributed by atoms with E-state index in [-0.39, 0.29) is 5.56 Å². The largest absolute Gasteiger partial charge is 0.357 e. The summed E-state index contributed by atoms with van der Waals surface area (Å²) in [6, 6.07) is 6.31. The van der Waals surface area contributed by atoms with Gasteiger partial charge in [0.25, 0.3) is 5.56 Å². The monoisotopic (exact) mass is 409 g/mol. The fraction of sp³-hybridized carbons (Fsp3) is 0.455. The van der Waals surface area contributed by atoms with Crippen LogP contribution in [-0.4, -0.2) is 44.8 Å². The van der Waals surface area contributed by atoms with Crippen molar-refractivity contribution >= 4 is 28.7 Å². The molecule has 1 saturated carbocycles. The predicted octanol–water partition coefficient (Wildman–Crippen LogP) is 3.96. The van der Waals surface area contributed by atoms with Crippen molar-refractivity contribution in [3.63, 3.8) is 0 Å². The summed E-state index contributed by atoms with van der Waals surface area (Å²) in [6.45, 7) is 2.31. The number of anilines is 1. The summed E-state index contributed by atoms with van der Waals surface area (Å²) in [5, 5.41) is 1.57. The van der Waals surface area contributed by atoms with Crippen LogP contribution in [0.3, 0.4) is 0 Å². The molecule has 0 aromatic carbocycles. The van der Waals surface area contributed by atoms with Gasteiger partial charge < -0.3 is 19.2 Å². The lowest BCUT2D eigenvalue weighted by Crippen LogP contribution is -2.31. The van der Waals surface area contributed by atoms with Crippen LogP contribution in [0.25, 0.3) is 22.2 Å². The van der Waals surface area contributed by atoms with Crippen molar-refractivity contribution < 1.29 is 0 Å². The molecule has 2 aliphatic rings. The zero-order chi connectivity index (χ0) is 20.0. The van der Waals surface area contributed by atoms with Gasteiger partial charge in [-0.15, -0.1) is 0 Å². The lowest BCUT2D eigenvalue weighted by molar-refractivity contribution is 0.282. The molecule has 1 aliphatic carbocycles. The van der Waals surface area contributed by atoms with E-state index in [0.717, 1.165) is 35.6 Å². The molecule has 1 saturated heterocycles. The molecule has 6 nitrogen and oxygen atoms in total. The van der Waals surface area contributed by atoms with Gasteiger partial charge in [-0.25, -0.2) is 4.98 Å². The van der Waals surface area contributed by atoms with Crippen molar-refractivity contribution in [3.8, 4) is 11.3 Å². The van der Waals surface area contributed by atoms with Gasteiger partial charge in [-0.3, -0.25) is 4.79 Å². The Bertz CT molecular complexity index is 1090. The molecule has 7 heteroatoms. The number of nitrogens with zero attached hydrogens (tertiary/aromatic N) is 3. The maximum absolute atomic E-state index is 12.5. The number of piperidine rings is 1. The number of hydrogen-bond acceptors (Lipinski definition) is 5. The first kappa shape index (κ1) is 18.8. The Balaban J connectivity index is 1.49. The summed E-state index contributed by atoms with van der Waals surface area (Å²) in [7, 11) is 3.99. The Hall–Kier alpha value is -2.25. The molecule has 0 unspecified atom stereocenters. The number of aryl methyl sites for hydroxylation is 1. The molecule has 0 radical (unpaired) electrons. The van der Waals surface area contributed by atoms with Crippen LogP contribution in [0.4, 0.5) is 5.82 Å². The predicted molar refractivity (Wildman–Crippen MR) is 120 cm³/mol. The second-order valence-electron chi connectivity index (χ2n) is 8.36. The van der Waals surface area contributed by atoms with Crippen LogP contribution < -0.4 is 10.3 Å². The Labute approximate surface area is 174 Å². The highest BCUT2D eigenvalue weighted by atomic mass is 32.2. The van der Waals surface area contributed by atoms with Gasteiger partial charge in [0.2, 0.25) is 0 Å². The van der Waals surface area contributed by atoms with Crippen molar-refractivity contribution in [1.29, 1.82) is 0 Å². The van der Waals surface area contributed by atoms with Crippen molar-refractivity contribution in [2.75, 3.05) is 24.9 Å². The van der Waals surface area contributed by atoms with Gasteiger partial charge in [-0.2, -0.15) is 0 Å². The number of hydrogen-bond donors (Lipinski definition) is 2. The second-order valence-corrected chi connectivity index (χ2v) is 9.46. The van der Waals surface area contributed by atoms with Gasteiger partial charge >= 0.3 is 0 Å². The number of aromatic amines is 1. The van der Waals surface area contributed by atoms with Crippen molar-refractivity contribution in [2.24, 2.45) is 7.05 Å². The Kier molecular flexibility index (Phi) is 4.87. The summed E-state index contributed by atoms with van der Waals surface area (Å²) < 4.78 is 5.16. The van der Waals surface area contributed by atoms with Crippen LogP contribution in [0.5, 0.6) is 0 Å². The molecule has 0 bridgehead atoms. The molecule has 2 N–H and O–H groups in total. The highest BCUT2D eigenvalue weighted by Crippen LogP contribution is 2.45. The van der Waals surface area contributed by atoms with E-state index in [2.05, 4.69) is 33.8 Å². The van der Waals surface area contributed by atoms with Crippen LogP contribution in [-0.2, 0) is 7.05 Å². The third-order valence-electron chi connectivity index (χ3n) is 6.09. The van der Waals surface area contributed by atoms with E-state index in [1.165, 1.54) is 31.2 Å². The molecule has 0 amide bonds. The minimum Gasteiger partial charge on any atom is -0.357 e. The zero-order valence-electron chi connectivity index (χ0n) is 16.9. The van der Waals surface area contributed by atoms with Crippen LogP contribution in [0.2, 0.25) is 0 Å². The van der Waals surface area contributed by atoms with E-state index in [9.17, 15) is 4.79 Å². The standard InChI is InChI=1S/C22H27N5OS/c1-26-11-8-15(9-12-26)29-25-19-6-5-16(14-3-4-14)20(24-19)18-13-27(2)22(28)21-17(18)7-10-23-21/h5-7,10,13-15,23H,3-4,8-9,11-12H2,1-2H3,(H,24,25). The second kappa shape index (κ2) is 7.54. The number of H-pyrrole nitrogens is 1. The highest BCUT2D eigenvalue weighted by molar-refractivity contribution is 8.01. The number of fused-ring (bicyclic) bond motifs is 1. The molecule has 0 spiro atoms. The fourth-order valence-corrected chi connectivity index (χ4v) is 5.02. The molecule has 5 rings (SSSR count). The Morgan fingerprint density at radius 3 is 2.69 bits per heavy atom. The minimum absolute atomic E-state index is 0.00572. The summed E-state index contributed by atoms with van der Waals surface area (Å²) in [5.74, 6) is 1.48. The van der Waals surface area contributed by atoms with Crippen LogP contribution in [0.15, 0.2) is 35.4 Å². The smallest absolute Gasteiger partial charge is 0.274 e. The SMILES string of the molecule is CN1CCC(SNc2ccc(C3CC3)c(-c3cn(C)c(=O)c4[nH]ccc34)n2)CC1. The molecule has 0 atom stereocenters. The van der Waals surface area contributed by atoms with Crippen LogP contribution in [0, 0.1) is 0 Å². The molecule has 152 valence electrons. The quantitative estimate of drug-likeness (QED) is 0.625. The summed E-state index contributed by atoms with van der Waals surface area (Å²) in [6.07, 6.45) is 8.60. The van der Waals surface area contributed by atoms with Crippen molar-refractivity contribution in [1.82, 2.24) is 19.4 Å². The molecule has 29 heavy (non-hydrogen) atoms. The topological polar surface area (TPSA) is 65.9 Å². The maximum Gasteiger partial charge on any atom is 0.274 e. The Morgan fingerprint density at radius 1 is 1.14 bits per heavy atom.